The molecule has 3 nitrogen and oxygen atoms in total. The molecule has 2 heterocycles. The molecule has 2 aromatic carbocycles. The molecule has 128 valence electrons. The maximum Gasteiger partial charge on any atom is 0.256 e. The van der Waals surface area contributed by atoms with Crippen molar-refractivity contribution in [2.24, 2.45) is 0 Å². The molecule has 4 rings (SSSR count). The molecule has 1 saturated heterocycles. The molecule has 25 heavy (non-hydrogen) atoms. The van der Waals surface area contributed by atoms with Crippen LogP contribution in [0.5, 0.6) is 0 Å². The maximum absolute atomic E-state index is 13.1. The maximum atomic E-state index is 13.1. The average Bonchev–Trinajstić information content (AvgIpc) is 3.23. The minimum atomic E-state index is 0.158. The van der Waals surface area contributed by atoms with E-state index in [4.69, 9.17) is 0 Å². The Morgan fingerprint density at radius 1 is 0.840 bits per heavy atom. The van der Waals surface area contributed by atoms with Crippen LogP contribution in [0.2, 0.25) is 0 Å². The highest BCUT2D eigenvalue weighted by Crippen LogP contribution is 2.28. The molecule has 2 aromatic rings. The summed E-state index contributed by atoms with van der Waals surface area (Å²) in [4.78, 5) is 17.4. The molecule has 0 N–H and O–H groups in total. The molecular weight excluding hydrogens is 308 g/mol. The Morgan fingerprint density at radius 3 is 2.28 bits per heavy atom. The van der Waals surface area contributed by atoms with Crippen LogP contribution in [-0.2, 0) is 0 Å². The molecule has 0 aromatic heterocycles. The van der Waals surface area contributed by atoms with Crippen LogP contribution in [0.3, 0.4) is 0 Å². The molecular formula is C22H24N2O. The molecule has 0 aliphatic carbocycles. The van der Waals surface area contributed by atoms with Gasteiger partial charge < -0.3 is 9.80 Å². The van der Waals surface area contributed by atoms with E-state index in [1.165, 1.54) is 24.0 Å². The van der Waals surface area contributed by atoms with Crippen molar-refractivity contribution in [1.82, 2.24) is 4.90 Å². The molecule has 1 fully saturated rings. The zero-order valence-corrected chi connectivity index (χ0v) is 14.5. The topological polar surface area (TPSA) is 23.6 Å². The van der Waals surface area contributed by atoms with E-state index in [9.17, 15) is 4.79 Å². The minimum Gasteiger partial charge on any atom is -0.371 e. The fourth-order valence-electron chi connectivity index (χ4n) is 3.83. The Labute approximate surface area is 149 Å². The number of carbonyl (C=O) groups is 1. The summed E-state index contributed by atoms with van der Waals surface area (Å²) in [6.07, 6.45) is 5.56. The number of hydrogen-bond donors (Lipinski definition) is 0. The van der Waals surface area contributed by atoms with Crippen LogP contribution in [0.25, 0.3) is 5.57 Å². The van der Waals surface area contributed by atoms with Crippen LogP contribution in [0, 0.1) is 0 Å². The van der Waals surface area contributed by atoms with Crippen molar-refractivity contribution in [1.29, 1.82) is 0 Å². The van der Waals surface area contributed by atoms with Gasteiger partial charge in [-0.25, -0.2) is 0 Å². The number of benzene rings is 2. The van der Waals surface area contributed by atoms with Crippen LogP contribution < -0.4 is 4.90 Å². The fourth-order valence-corrected chi connectivity index (χ4v) is 3.83. The normalized spacial score (nSPS) is 17.5. The number of rotatable bonds is 3. The molecule has 2 aliphatic rings. The third-order valence-electron chi connectivity index (χ3n) is 5.22. The van der Waals surface area contributed by atoms with E-state index in [1.54, 1.807) is 0 Å². The van der Waals surface area contributed by atoms with Crippen LogP contribution in [0.15, 0.2) is 60.7 Å². The summed E-state index contributed by atoms with van der Waals surface area (Å²) >= 11 is 0. The first-order chi connectivity index (χ1) is 12.3. The van der Waals surface area contributed by atoms with Crippen molar-refractivity contribution in [3.8, 4) is 0 Å². The van der Waals surface area contributed by atoms with Gasteiger partial charge in [0.1, 0.15) is 0 Å². The lowest BCUT2D eigenvalue weighted by molar-refractivity contribution is 0.0773. The van der Waals surface area contributed by atoms with Crippen LogP contribution in [-0.4, -0.2) is 37.0 Å². The molecule has 0 saturated carbocycles. The van der Waals surface area contributed by atoms with Crippen molar-refractivity contribution >= 4 is 17.2 Å². The summed E-state index contributed by atoms with van der Waals surface area (Å²) in [5.41, 5.74) is 4.56. The zero-order valence-electron chi connectivity index (χ0n) is 14.5. The molecule has 0 radical (unpaired) electrons. The summed E-state index contributed by atoms with van der Waals surface area (Å²) in [6, 6.07) is 18.5. The van der Waals surface area contributed by atoms with Crippen LogP contribution >= 0.6 is 0 Å². The minimum absolute atomic E-state index is 0.158. The SMILES string of the molecule is O=C(c1ccccc1N1CCCC1)N1CC=C(c2ccccc2)CC1. The van der Waals surface area contributed by atoms with Gasteiger partial charge in [0.05, 0.1) is 5.56 Å². The third-order valence-corrected chi connectivity index (χ3v) is 5.22. The predicted molar refractivity (Wildman–Crippen MR) is 103 cm³/mol. The molecule has 1 amide bonds. The smallest absolute Gasteiger partial charge is 0.256 e. The van der Waals surface area contributed by atoms with E-state index in [0.29, 0.717) is 6.54 Å². The number of para-hydroxylation sites is 1. The predicted octanol–water partition coefficient (Wildman–Crippen LogP) is 4.22. The second-order valence-corrected chi connectivity index (χ2v) is 6.81. The van der Waals surface area contributed by atoms with E-state index >= 15 is 0 Å². The van der Waals surface area contributed by atoms with Gasteiger partial charge in [0.25, 0.3) is 5.91 Å². The number of carbonyl (C=O) groups excluding carboxylic acids is 1. The summed E-state index contributed by atoms with van der Waals surface area (Å²) < 4.78 is 0. The van der Waals surface area contributed by atoms with Gasteiger partial charge in [-0.2, -0.15) is 0 Å². The van der Waals surface area contributed by atoms with Gasteiger partial charge in [-0.1, -0.05) is 48.5 Å². The monoisotopic (exact) mass is 332 g/mol. The summed E-state index contributed by atoms with van der Waals surface area (Å²) in [5, 5.41) is 0. The first-order valence-corrected chi connectivity index (χ1v) is 9.20. The van der Waals surface area contributed by atoms with E-state index in [1.807, 2.05) is 29.2 Å². The first kappa shape index (κ1) is 15.9. The van der Waals surface area contributed by atoms with Crippen molar-refractivity contribution in [2.75, 3.05) is 31.1 Å². The van der Waals surface area contributed by atoms with Gasteiger partial charge in [-0.3, -0.25) is 4.79 Å². The highest BCUT2D eigenvalue weighted by Gasteiger charge is 2.24. The van der Waals surface area contributed by atoms with Crippen molar-refractivity contribution in [3.05, 3.63) is 71.8 Å². The summed E-state index contributed by atoms with van der Waals surface area (Å²) in [5.74, 6) is 0.158. The van der Waals surface area contributed by atoms with Crippen molar-refractivity contribution in [3.63, 3.8) is 0 Å². The van der Waals surface area contributed by atoms with E-state index in [2.05, 4.69) is 41.3 Å². The number of nitrogens with zero attached hydrogens (tertiary/aromatic N) is 2. The molecule has 0 bridgehead atoms. The lowest BCUT2D eigenvalue weighted by Gasteiger charge is -2.29. The summed E-state index contributed by atoms with van der Waals surface area (Å²) in [6.45, 7) is 3.59. The van der Waals surface area contributed by atoms with Gasteiger partial charge in [0.2, 0.25) is 0 Å². The number of anilines is 1. The second-order valence-electron chi connectivity index (χ2n) is 6.81. The van der Waals surface area contributed by atoms with Gasteiger partial charge in [0.15, 0.2) is 0 Å². The van der Waals surface area contributed by atoms with Crippen LogP contribution in [0.4, 0.5) is 5.69 Å². The highest BCUT2D eigenvalue weighted by atomic mass is 16.2. The van der Waals surface area contributed by atoms with E-state index in [-0.39, 0.29) is 5.91 Å². The van der Waals surface area contributed by atoms with E-state index < -0.39 is 0 Å². The molecule has 0 spiro atoms. The fraction of sp³-hybridized carbons (Fsp3) is 0.318. The van der Waals surface area contributed by atoms with Gasteiger partial charge in [-0.05, 0) is 42.5 Å². The van der Waals surface area contributed by atoms with E-state index in [0.717, 1.165) is 37.3 Å². The number of hydrogen-bond acceptors (Lipinski definition) is 2. The lowest BCUT2D eigenvalue weighted by atomic mass is 9.99. The Morgan fingerprint density at radius 2 is 1.56 bits per heavy atom. The molecule has 0 unspecified atom stereocenters. The molecule has 0 atom stereocenters. The largest absolute Gasteiger partial charge is 0.371 e. The Balaban J connectivity index is 1.52. The second kappa shape index (κ2) is 7.14. The molecule has 2 aliphatic heterocycles. The van der Waals surface area contributed by atoms with Gasteiger partial charge >= 0.3 is 0 Å². The summed E-state index contributed by atoms with van der Waals surface area (Å²) in [7, 11) is 0. The Kier molecular flexibility index (Phi) is 4.55. The van der Waals surface area contributed by atoms with Crippen molar-refractivity contribution in [2.45, 2.75) is 19.3 Å². The van der Waals surface area contributed by atoms with Crippen molar-refractivity contribution < 1.29 is 4.79 Å². The standard InChI is InChI=1S/C22H24N2O/c25-22(20-10-4-5-11-21(20)23-14-6-7-15-23)24-16-12-19(13-17-24)18-8-2-1-3-9-18/h1-5,8-12H,6-7,13-17H2. The zero-order chi connectivity index (χ0) is 17.1. The quantitative estimate of drug-likeness (QED) is 0.840. The average molecular weight is 332 g/mol. The van der Waals surface area contributed by atoms with Gasteiger partial charge in [0, 0.05) is 31.9 Å². The highest BCUT2D eigenvalue weighted by molar-refractivity contribution is 6.00. The Bertz CT molecular complexity index is 776. The van der Waals surface area contributed by atoms with Gasteiger partial charge in [-0.15, -0.1) is 0 Å². The molecule has 3 heteroatoms. The van der Waals surface area contributed by atoms with Crippen LogP contribution in [0.1, 0.15) is 35.2 Å². The lowest BCUT2D eigenvalue weighted by Crippen LogP contribution is -2.35. The Hall–Kier alpha value is -2.55. The first-order valence-electron chi connectivity index (χ1n) is 9.20. The number of amides is 1. The third kappa shape index (κ3) is 3.32.